The lowest BCUT2D eigenvalue weighted by Crippen LogP contribution is -2.48. The van der Waals surface area contributed by atoms with Crippen LogP contribution >= 0.6 is 0 Å². The molecule has 3 unspecified atom stereocenters. The standard InChI is InChI=1S/C16H30N2O2/c1-12(16(20)17-14-8-4-3-5-9-14)18(2)11-13-7-6-10-15(13)19/h12-15,19H,3-11H2,1-2H3,(H,17,20). The van der Waals surface area contributed by atoms with Crippen molar-refractivity contribution in [1.82, 2.24) is 10.2 Å². The first-order chi connectivity index (χ1) is 9.58. The van der Waals surface area contributed by atoms with E-state index >= 15 is 0 Å². The van der Waals surface area contributed by atoms with Gasteiger partial charge in [-0.2, -0.15) is 0 Å². The van der Waals surface area contributed by atoms with Crippen molar-refractivity contribution in [2.24, 2.45) is 5.92 Å². The number of amides is 1. The number of nitrogens with zero attached hydrogens (tertiary/aromatic N) is 1. The molecule has 4 heteroatoms. The van der Waals surface area contributed by atoms with Crippen LogP contribution in [0.25, 0.3) is 0 Å². The minimum absolute atomic E-state index is 0.107. The van der Waals surface area contributed by atoms with E-state index in [0.29, 0.717) is 12.0 Å². The van der Waals surface area contributed by atoms with E-state index < -0.39 is 0 Å². The smallest absolute Gasteiger partial charge is 0.237 e. The third-order valence-corrected chi connectivity index (χ3v) is 5.13. The van der Waals surface area contributed by atoms with Crippen molar-refractivity contribution < 1.29 is 9.90 Å². The largest absolute Gasteiger partial charge is 0.393 e. The maximum atomic E-state index is 12.3. The van der Waals surface area contributed by atoms with E-state index in [1.54, 1.807) is 0 Å². The van der Waals surface area contributed by atoms with Crippen LogP contribution in [0.4, 0.5) is 0 Å². The first kappa shape index (κ1) is 15.8. The second-order valence-corrected chi connectivity index (χ2v) is 6.72. The average Bonchev–Trinajstić information content (AvgIpc) is 2.84. The zero-order valence-corrected chi connectivity index (χ0v) is 13.0. The molecule has 0 saturated heterocycles. The van der Waals surface area contributed by atoms with E-state index in [4.69, 9.17) is 0 Å². The lowest BCUT2D eigenvalue weighted by molar-refractivity contribution is -0.126. The van der Waals surface area contributed by atoms with Crippen LogP contribution in [-0.2, 0) is 4.79 Å². The highest BCUT2D eigenvalue weighted by Gasteiger charge is 2.29. The summed E-state index contributed by atoms with van der Waals surface area (Å²) in [5, 5.41) is 13.1. The number of likely N-dealkylation sites (N-methyl/N-ethyl adjacent to an activating group) is 1. The average molecular weight is 282 g/mol. The summed E-state index contributed by atoms with van der Waals surface area (Å²) in [7, 11) is 2.00. The Morgan fingerprint density at radius 3 is 2.50 bits per heavy atom. The lowest BCUT2D eigenvalue weighted by atomic mass is 9.95. The number of carbonyl (C=O) groups excluding carboxylic acids is 1. The molecule has 0 aliphatic heterocycles. The number of aliphatic hydroxyl groups is 1. The lowest BCUT2D eigenvalue weighted by Gasteiger charge is -2.30. The summed E-state index contributed by atoms with van der Waals surface area (Å²) in [5.74, 6) is 0.483. The Balaban J connectivity index is 1.76. The third-order valence-electron chi connectivity index (χ3n) is 5.13. The molecular weight excluding hydrogens is 252 g/mol. The van der Waals surface area contributed by atoms with Gasteiger partial charge in [-0.3, -0.25) is 9.69 Å². The van der Waals surface area contributed by atoms with Crippen molar-refractivity contribution in [3.8, 4) is 0 Å². The predicted molar refractivity (Wildman–Crippen MR) is 80.5 cm³/mol. The van der Waals surface area contributed by atoms with Gasteiger partial charge in [0.1, 0.15) is 0 Å². The van der Waals surface area contributed by atoms with Gasteiger partial charge in [-0.1, -0.05) is 25.7 Å². The van der Waals surface area contributed by atoms with Crippen LogP contribution in [0, 0.1) is 5.92 Å². The fourth-order valence-electron chi connectivity index (χ4n) is 3.53. The number of carbonyl (C=O) groups is 1. The van der Waals surface area contributed by atoms with Gasteiger partial charge >= 0.3 is 0 Å². The van der Waals surface area contributed by atoms with E-state index in [0.717, 1.165) is 38.6 Å². The maximum absolute atomic E-state index is 12.3. The van der Waals surface area contributed by atoms with Gasteiger partial charge in [0, 0.05) is 12.6 Å². The van der Waals surface area contributed by atoms with E-state index in [9.17, 15) is 9.90 Å². The molecule has 2 rings (SSSR count). The Hall–Kier alpha value is -0.610. The van der Waals surface area contributed by atoms with Crippen molar-refractivity contribution in [3.05, 3.63) is 0 Å². The summed E-state index contributed by atoms with van der Waals surface area (Å²) in [6.07, 6.45) is 8.99. The van der Waals surface area contributed by atoms with Crippen LogP contribution in [0.2, 0.25) is 0 Å². The molecule has 0 bridgehead atoms. The Labute approximate surface area is 122 Å². The summed E-state index contributed by atoms with van der Waals surface area (Å²) in [5.41, 5.74) is 0. The molecule has 1 amide bonds. The molecule has 2 fully saturated rings. The molecule has 0 spiro atoms. The highest BCUT2D eigenvalue weighted by Crippen LogP contribution is 2.26. The van der Waals surface area contributed by atoms with Gasteiger partial charge in [0.2, 0.25) is 5.91 Å². The first-order valence-corrected chi connectivity index (χ1v) is 8.26. The van der Waals surface area contributed by atoms with E-state index in [2.05, 4.69) is 10.2 Å². The fraction of sp³-hybridized carbons (Fsp3) is 0.938. The van der Waals surface area contributed by atoms with Gasteiger partial charge in [0.05, 0.1) is 12.1 Å². The Bertz CT molecular complexity index is 316. The molecule has 3 atom stereocenters. The van der Waals surface area contributed by atoms with Gasteiger partial charge < -0.3 is 10.4 Å². The van der Waals surface area contributed by atoms with Gasteiger partial charge in [-0.15, -0.1) is 0 Å². The number of hydrogen-bond acceptors (Lipinski definition) is 3. The van der Waals surface area contributed by atoms with Crippen molar-refractivity contribution in [2.75, 3.05) is 13.6 Å². The normalized spacial score (nSPS) is 29.6. The van der Waals surface area contributed by atoms with Crippen LogP contribution < -0.4 is 5.32 Å². The summed E-state index contributed by atoms with van der Waals surface area (Å²) in [4.78, 5) is 14.4. The maximum Gasteiger partial charge on any atom is 0.237 e. The van der Waals surface area contributed by atoms with E-state index in [1.165, 1.54) is 19.3 Å². The van der Waals surface area contributed by atoms with Gasteiger partial charge in [0.15, 0.2) is 0 Å². The molecule has 0 aromatic carbocycles. The summed E-state index contributed by atoms with van der Waals surface area (Å²) >= 11 is 0. The zero-order chi connectivity index (χ0) is 14.5. The quantitative estimate of drug-likeness (QED) is 0.810. The molecule has 2 aliphatic carbocycles. The molecule has 116 valence electrons. The van der Waals surface area contributed by atoms with Crippen molar-refractivity contribution in [1.29, 1.82) is 0 Å². The van der Waals surface area contributed by atoms with Crippen molar-refractivity contribution >= 4 is 5.91 Å². The SMILES string of the molecule is CC(C(=O)NC1CCCCC1)N(C)CC1CCCC1O. The molecule has 2 aliphatic rings. The molecule has 20 heavy (non-hydrogen) atoms. The minimum Gasteiger partial charge on any atom is -0.393 e. The minimum atomic E-state index is -0.175. The monoisotopic (exact) mass is 282 g/mol. The van der Waals surface area contributed by atoms with Crippen LogP contribution in [0.15, 0.2) is 0 Å². The highest BCUT2D eigenvalue weighted by atomic mass is 16.3. The number of rotatable bonds is 5. The van der Waals surface area contributed by atoms with Crippen LogP contribution in [0.3, 0.4) is 0 Å². The molecule has 4 nitrogen and oxygen atoms in total. The van der Waals surface area contributed by atoms with Crippen molar-refractivity contribution in [3.63, 3.8) is 0 Å². The summed E-state index contributed by atoms with van der Waals surface area (Å²) in [6, 6.07) is 0.272. The highest BCUT2D eigenvalue weighted by molar-refractivity contribution is 5.81. The predicted octanol–water partition coefficient (Wildman–Crippen LogP) is 1.92. The second-order valence-electron chi connectivity index (χ2n) is 6.72. The number of aliphatic hydroxyl groups excluding tert-OH is 1. The molecular formula is C16H30N2O2. The van der Waals surface area contributed by atoms with E-state index in [-0.39, 0.29) is 18.1 Å². The van der Waals surface area contributed by atoms with Gasteiger partial charge in [0.25, 0.3) is 0 Å². The summed E-state index contributed by atoms with van der Waals surface area (Å²) < 4.78 is 0. The van der Waals surface area contributed by atoms with E-state index in [1.807, 2.05) is 14.0 Å². The zero-order valence-electron chi connectivity index (χ0n) is 13.0. The van der Waals surface area contributed by atoms with Crippen LogP contribution in [0.5, 0.6) is 0 Å². The number of hydrogen-bond donors (Lipinski definition) is 2. The van der Waals surface area contributed by atoms with Crippen LogP contribution in [-0.4, -0.2) is 47.7 Å². The fourth-order valence-corrected chi connectivity index (χ4v) is 3.53. The molecule has 0 aromatic rings. The van der Waals surface area contributed by atoms with Crippen LogP contribution in [0.1, 0.15) is 58.3 Å². The molecule has 0 heterocycles. The Morgan fingerprint density at radius 2 is 1.90 bits per heavy atom. The summed E-state index contributed by atoms with van der Waals surface area (Å²) in [6.45, 7) is 2.79. The Morgan fingerprint density at radius 1 is 1.20 bits per heavy atom. The topological polar surface area (TPSA) is 52.6 Å². The molecule has 0 radical (unpaired) electrons. The number of nitrogens with one attached hydrogen (secondary N) is 1. The third kappa shape index (κ3) is 4.19. The first-order valence-electron chi connectivity index (χ1n) is 8.26. The van der Waals surface area contributed by atoms with Crippen molar-refractivity contribution in [2.45, 2.75) is 76.5 Å². The Kier molecular flexibility index (Phi) is 5.85. The molecule has 2 saturated carbocycles. The van der Waals surface area contributed by atoms with Gasteiger partial charge in [-0.25, -0.2) is 0 Å². The second kappa shape index (κ2) is 7.41. The molecule has 2 N–H and O–H groups in total. The van der Waals surface area contributed by atoms with Gasteiger partial charge in [-0.05, 0) is 45.6 Å². The molecule has 0 aromatic heterocycles.